The molecule has 1 aromatic carbocycles. The van der Waals surface area contributed by atoms with E-state index in [0.717, 1.165) is 31.7 Å². The summed E-state index contributed by atoms with van der Waals surface area (Å²) in [7, 11) is 0. The predicted molar refractivity (Wildman–Crippen MR) is 73.0 cm³/mol. The highest BCUT2D eigenvalue weighted by molar-refractivity contribution is 5.16. The lowest BCUT2D eigenvalue weighted by atomic mass is 10.0. The third-order valence-electron chi connectivity index (χ3n) is 3.65. The Morgan fingerprint density at radius 2 is 2.28 bits per heavy atom. The third-order valence-corrected chi connectivity index (χ3v) is 3.65. The number of hydrogen-bond acceptors (Lipinski definition) is 2. The highest BCUT2D eigenvalue weighted by Crippen LogP contribution is 2.19. The monoisotopic (exact) mass is 250 g/mol. The van der Waals surface area contributed by atoms with E-state index in [1.54, 1.807) is 12.1 Å². The summed E-state index contributed by atoms with van der Waals surface area (Å²) in [4.78, 5) is 2.49. The SMILES string of the molecule is CCNCC1CCCCN1Cc1cccc(F)c1. The predicted octanol–water partition coefficient (Wildman–Crippen LogP) is 2.79. The molecule has 1 aliphatic heterocycles. The topological polar surface area (TPSA) is 15.3 Å². The molecule has 2 nitrogen and oxygen atoms in total. The van der Waals surface area contributed by atoms with Gasteiger partial charge in [-0.05, 0) is 43.6 Å². The largest absolute Gasteiger partial charge is 0.315 e. The maximum atomic E-state index is 13.2. The van der Waals surface area contributed by atoms with Crippen molar-refractivity contribution in [2.24, 2.45) is 0 Å². The summed E-state index contributed by atoms with van der Waals surface area (Å²) in [5.41, 5.74) is 1.08. The fourth-order valence-electron chi connectivity index (χ4n) is 2.68. The Morgan fingerprint density at radius 3 is 3.06 bits per heavy atom. The second kappa shape index (κ2) is 6.86. The van der Waals surface area contributed by atoms with Gasteiger partial charge in [-0.15, -0.1) is 0 Å². The highest BCUT2D eigenvalue weighted by Gasteiger charge is 2.21. The van der Waals surface area contributed by atoms with Crippen molar-refractivity contribution >= 4 is 0 Å². The molecule has 2 rings (SSSR count). The fourth-order valence-corrected chi connectivity index (χ4v) is 2.68. The van der Waals surface area contributed by atoms with Crippen molar-refractivity contribution in [1.82, 2.24) is 10.2 Å². The van der Waals surface area contributed by atoms with E-state index in [4.69, 9.17) is 0 Å². The molecule has 100 valence electrons. The highest BCUT2D eigenvalue weighted by atomic mass is 19.1. The van der Waals surface area contributed by atoms with Gasteiger partial charge in [0.05, 0.1) is 0 Å². The van der Waals surface area contributed by atoms with Gasteiger partial charge in [0.25, 0.3) is 0 Å². The van der Waals surface area contributed by atoms with E-state index in [1.807, 2.05) is 6.07 Å². The first-order chi connectivity index (χ1) is 8.79. The minimum absolute atomic E-state index is 0.132. The number of likely N-dealkylation sites (N-methyl/N-ethyl adjacent to an activating group) is 1. The molecule has 1 heterocycles. The van der Waals surface area contributed by atoms with Crippen LogP contribution >= 0.6 is 0 Å². The molecule has 0 bridgehead atoms. The van der Waals surface area contributed by atoms with Gasteiger partial charge in [0.2, 0.25) is 0 Å². The molecule has 0 spiro atoms. The Balaban J connectivity index is 1.96. The first-order valence-electron chi connectivity index (χ1n) is 6.99. The van der Waals surface area contributed by atoms with Crippen molar-refractivity contribution in [3.63, 3.8) is 0 Å². The van der Waals surface area contributed by atoms with Gasteiger partial charge in [-0.2, -0.15) is 0 Å². The number of halogens is 1. The van der Waals surface area contributed by atoms with Crippen LogP contribution < -0.4 is 5.32 Å². The van der Waals surface area contributed by atoms with Crippen molar-refractivity contribution < 1.29 is 4.39 Å². The smallest absolute Gasteiger partial charge is 0.123 e. The molecule has 1 atom stereocenters. The normalized spacial score (nSPS) is 21.1. The second-order valence-corrected chi connectivity index (χ2v) is 5.06. The zero-order valence-electron chi connectivity index (χ0n) is 11.2. The van der Waals surface area contributed by atoms with Crippen molar-refractivity contribution in [2.75, 3.05) is 19.6 Å². The standard InChI is InChI=1S/C15H23FN2/c1-2-17-11-15-8-3-4-9-18(15)12-13-6-5-7-14(16)10-13/h5-7,10,15,17H,2-4,8-9,11-12H2,1H3. The zero-order chi connectivity index (χ0) is 12.8. The molecular weight excluding hydrogens is 227 g/mol. The molecule has 3 heteroatoms. The first kappa shape index (κ1) is 13.5. The lowest BCUT2D eigenvalue weighted by Crippen LogP contribution is -2.44. The summed E-state index contributed by atoms with van der Waals surface area (Å²) in [5.74, 6) is -0.132. The van der Waals surface area contributed by atoms with Crippen molar-refractivity contribution in [3.05, 3.63) is 35.6 Å². The van der Waals surface area contributed by atoms with Gasteiger partial charge in [0, 0.05) is 19.1 Å². The lowest BCUT2D eigenvalue weighted by molar-refractivity contribution is 0.138. The van der Waals surface area contributed by atoms with Gasteiger partial charge in [0.1, 0.15) is 5.82 Å². The van der Waals surface area contributed by atoms with Crippen molar-refractivity contribution in [1.29, 1.82) is 0 Å². The Hall–Kier alpha value is -0.930. The van der Waals surface area contributed by atoms with Gasteiger partial charge >= 0.3 is 0 Å². The molecule has 0 amide bonds. The Bertz CT molecular complexity index is 367. The first-order valence-corrected chi connectivity index (χ1v) is 6.99. The van der Waals surface area contributed by atoms with Crippen LogP contribution in [0.1, 0.15) is 31.7 Å². The van der Waals surface area contributed by atoms with Crippen LogP contribution in [0.3, 0.4) is 0 Å². The molecule has 1 N–H and O–H groups in total. The van der Waals surface area contributed by atoms with E-state index < -0.39 is 0 Å². The maximum absolute atomic E-state index is 13.2. The quantitative estimate of drug-likeness (QED) is 0.864. The fraction of sp³-hybridized carbons (Fsp3) is 0.600. The molecule has 0 saturated carbocycles. The third kappa shape index (κ3) is 3.79. The number of rotatable bonds is 5. The average Bonchev–Trinajstić information content (AvgIpc) is 2.38. The van der Waals surface area contributed by atoms with Crippen LogP contribution in [0, 0.1) is 5.82 Å². The Kier molecular flexibility index (Phi) is 5.14. The zero-order valence-corrected chi connectivity index (χ0v) is 11.2. The van der Waals surface area contributed by atoms with Gasteiger partial charge in [-0.3, -0.25) is 4.90 Å². The second-order valence-electron chi connectivity index (χ2n) is 5.06. The van der Waals surface area contributed by atoms with Gasteiger partial charge in [-0.25, -0.2) is 4.39 Å². The number of hydrogen-bond donors (Lipinski definition) is 1. The molecule has 1 aromatic rings. The van der Waals surface area contributed by atoms with Crippen LogP contribution in [-0.2, 0) is 6.54 Å². The number of nitrogens with one attached hydrogen (secondary N) is 1. The number of nitrogens with zero attached hydrogens (tertiary/aromatic N) is 1. The van der Waals surface area contributed by atoms with E-state index in [9.17, 15) is 4.39 Å². The van der Waals surface area contributed by atoms with Crippen LogP contribution in [0.25, 0.3) is 0 Å². The molecule has 0 aromatic heterocycles. The molecule has 18 heavy (non-hydrogen) atoms. The van der Waals surface area contributed by atoms with Gasteiger partial charge in [-0.1, -0.05) is 25.5 Å². The Morgan fingerprint density at radius 1 is 1.39 bits per heavy atom. The molecule has 0 radical (unpaired) electrons. The number of piperidine rings is 1. The van der Waals surface area contributed by atoms with Crippen molar-refractivity contribution in [3.8, 4) is 0 Å². The summed E-state index contributed by atoms with van der Waals surface area (Å²) in [6.45, 7) is 6.20. The van der Waals surface area contributed by atoms with Crippen molar-refractivity contribution in [2.45, 2.75) is 38.8 Å². The van der Waals surface area contributed by atoms with Gasteiger partial charge < -0.3 is 5.32 Å². The summed E-state index contributed by atoms with van der Waals surface area (Å²) < 4.78 is 13.2. The lowest BCUT2D eigenvalue weighted by Gasteiger charge is -2.36. The molecule has 1 aliphatic rings. The van der Waals surface area contributed by atoms with Crippen LogP contribution in [-0.4, -0.2) is 30.6 Å². The average molecular weight is 250 g/mol. The van der Waals surface area contributed by atoms with E-state index in [0.29, 0.717) is 6.04 Å². The maximum Gasteiger partial charge on any atom is 0.123 e. The van der Waals surface area contributed by atoms with Crippen LogP contribution in [0.4, 0.5) is 4.39 Å². The minimum Gasteiger partial charge on any atom is -0.315 e. The van der Waals surface area contributed by atoms with Crippen LogP contribution in [0.5, 0.6) is 0 Å². The van der Waals surface area contributed by atoms with E-state index in [2.05, 4.69) is 17.1 Å². The molecular formula is C15H23FN2. The number of benzene rings is 1. The molecule has 1 fully saturated rings. The summed E-state index contributed by atoms with van der Waals surface area (Å²) in [5, 5.41) is 3.43. The van der Waals surface area contributed by atoms with E-state index in [1.165, 1.54) is 25.3 Å². The molecule has 0 aliphatic carbocycles. The summed E-state index contributed by atoms with van der Waals surface area (Å²) in [6.07, 6.45) is 3.83. The van der Waals surface area contributed by atoms with Crippen LogP contribution in [0.15, 0.2) is 24.3 Å². The van der Waals surface area contributed by atoms with E-state index in [-0.39, 0.29) is 5.82 Å². The minimum atomic E-state index is -0.132. The van der Waals surface area contributed by atoms with Crippen LogP contribution in [0.2, 0.25) is 0 Å². The summed E-state index contributed by atoms with van der Waals surface area (Å²) in [6, 6.07) is 7.58. The summed E-state index contributed by atoms with van der Waals surface area (Å²) >= 11 is 0. The Labute approximate surface area is 109 Å². The van der Waals surface area contributed by atoms with Gasteiger partial charge in [0.15, 0.2) is 0 Å². The molecule has 1 saturated heterocycles. The molecule has 1 unspecified atom stereocenters. The number of likely N-dealkylation sites (tertiary alicyclic amines) is 1. The van der Waals surface area contributed by atoms with E-state index >= 15 is 0 Å².